The number of hydrogen-bond donors (Lipinski definition) is 1. The number of aryl methyl sites for hydroxylation is 1. The summed E-state index contributed by atoms with van der Waals surface area (Å²) < 4.78 is 0. The molecule has 2 heterocycles. The first-order valence-electron chi connectivity index (χ1n) is 5.18. The van der Waals surface area contributed by atoms with Crippen molar-refractivity contribution in [2.24, 2.45) is 0 Å². The zero-order chi connectivity index (χ0) is 11.4. The fourth-order valence-corrected chi connectivity index (χ4v) is 1.51. The van der Waals surface area contributed by atoms with Crippen molar-refractivity contribution in [3.8, 4) is 11.4 Å². The van der Waals surface area contributed by atoms with Crippen LogP contribution in [0.4, 0.5) is 0 Å². The van der Waals surface area contributed by atoms with Crippen molar-refractivity contribution in [3.63, 3.8) is 0 Å². The Morgan fingerprint density at radius 1 is 1.19 bits per heavy atom. The van der Waals surface area contributed by atoms with Gasteiger partial charge in [-0.05, 0) is 25.6 Å². The van der Waals surface area contributed by atoms with E-state index in [-0.39, 0.29) is 0 Å². The molecule has 0 unspecified atom stereocenters. The Hall–Kier alpha value is -1.81. The van der Waals surface area contributed by atoms with Gasteiger partial charge in [-0.1, -0.05) is 0 Å². The van der Waals surface area contributed by atoms with E-state index in [2.05, 4.69) is 20.3 Å². The van der Waals surface area contributed by atoms with E-state index in [1.54, 1.807) is 6.20 Å². The first-order valence-corrected chi connectivity index (χ1v) is 5.18. The van der Waals surface area contributed by atoms with Crippen molar-refractivity contribution >= 4 is 0 Å². The summed E-state index contributed by atoms with van der Waals surface area (Å²) in [5, 5.41) is 3.06. The van der Waals surface area contributed by atoms with E-state index >= 15 is 0 Å². The minimum atomic E-state index is 0.750. The van der Waals surface area contributed by atoms with E-state index in [1.165, 1.54) is 0 Å². The van der Waals surface area contributed by atoms with Crippen molar-refractivity contribution in [2.75, 3.05) is 7.05 Å². The highest BCUT2D eigenvalue weighted by molar-refractivity contribution is 5.58. The number of aromatic nitrogens is 3. The zero-order valence-corrected chi connectivity index (χ0v) is 9.44. The van der Waals surface area contributed by atoms with Crippen LogP contribution in [0.5, 0.6) is 0 Å². The molecule has 0 aliphatic carbocycles. The number of nitrogens with zero attached hydrogens (tertiary/aromatic N) is 3. The van der Waals surface area contributed by atoms with Gasteiger partial charge in [-0.25, -0.2) is 9.97 Å². The van der Waals surface area contributed by atoms with Crippen LogP contribution in [0.15, 0.2) is 30.9 Å². The molecule has 0 fully saturated rings. The predicted octanol–water partition coefficient (Wildman–Crippen LogP) is 1.57. The molecular formula is C12H14N4. The minimum absolute atomic E-state index is 0.750. The number of pyridine rings is 1. The Bertz CT molecular complexity index is 465. The summed E-state index contributed by atoms with van der Waals surface area (Å²) >= 11 is 0. The molecule has 4 heteroatoms. The topological polar surface area (TPSA) is 50.7 Å². The van der Waals surface area contributed by atoms with Crippen LogP contribution >= 0.6 is 0 Å². The molecule has 1 N–H and O–H groups in total. The maximum absolute atomic E-state index is 4.35. The molecule has 2 aromatic rings. The van der Waals surface area contributed by atoms with E-state index in [1.807, 2.05) is 38.6 Å². The third kappa shape index (κ3) is 2.23. The molecular weight excluding hydrogens is 200 g/mol. The van der Waals surface area contributed by atoms with Gasteiger partial charge in [0, 0.05) is 42.5 Å². The maximum atomic E-state index is 4.35. The van der Waals surface area contributed by atoms with Crippen molar-refractivity contribution in [3.05, 3.63) is 42.0 Å². The summed E-state index contributed by atoms with van der Waals surface area (Å²) in [6, 6.07) is 1.93. The third-order valence-corrected chi connectivity index (χ3v) is 2.35. The lowest BCUT2D eigenvalue weighted by atomic mass is 10.1. The molecule has 0 bridgehead atoms. The molecule has 0 saturated carbocycles. The van der Waals surface area contributed by atoms with Crippen molar-refractivity contribution in [2.45, 2.75) is 13.5 Å². The Labute approximate surface area is 94.8 Å². The van der Waals surface area contributed by atoms with E-state index in [0.717, 1.165) is 29.1 Å². The van der Waals surface area contributed by atoms with Crippen LogP contribution < -0.4 is 5.32 Å². The largest absolute Gasteiger partial charge is 0.316 e. The van der Waals surface area contributed by atoms with Gasteiger partial charge in [0.25, 0.3) is 0 Å². The summed E-state index contributed by atoms with van der Waals surface area (Å²) in [5.41, 5.74) is 3.20. The van der Waals surface area contributed by atoms with E-state index in [4.69, 9.17) is 0 Å². The summed E-state index contributed by atoms with van der Waals surface area (Å²) in [6.45, 7) is 2.79. The lowest BCUT2D eigenvalue weighted by Gasteiger charge is -2.04. The van der Waals surface area contributed by atoms with Crippen LogP contribution in [0, 0.1) is 6.92 Å². The van der Waals surface area contributed by atoms with E-state index in [0.29, 0.717) is 0 Å². The van der Waals surface area contributed by atoms with Gasteiger partial charge in [-0.15, -0.1) is 0 Å². The molecule has 0 amide bonds. The van der Waals surface area contributed by atoms with Crippen LogP contribution in [0.3, 0.4) is 0 Å². The SMILES string of the molecule is CNCc1cnc(-c2ccncc2C)nc1. The lowest BCUT2D eigenvalue weighted by molar-refractivity contribution is 0.807. The van der Waals surface area contributed by atoms with Crippen LogP contribution in [0.1, 0.15) is 11.1 Å². The molecule has 0 atom stereocenters. The number of hydrogen-bond acceptors (Lipinski definition) is 4. The summed E-state index contributed by atoms with van der Waals surface area (Å²) in [4.78, 5) is 12.8. The van der Waals surface area contributed by atoms with Crippen LogP contribution in [-0.2, 0) is 6.54 Å². The lowest BCUT2D eigenvalue weighted by Crippen LogP contribution is -2.06. The summed E-state index contributed by atoms with van der Waals surface area (Å²) in [7, 11) is 1.90. The molecule has 0 radical (unpaired) electrons. The van der Waals surface area contributed by atoms with Gasteiger partial charge in [-0.2, -0.15) is 0 Å². The molecule has 2 rings (SSSR count). The molecule has 0 saturated heterocycles. The molecule has 82 valence electrons. The highest BCUT2D eigenvalue weighted by Gasteiger charge is 2.03. The summed E-state index contributed by atoms with van der Waals surface area (Å²) in [6.07, 6.45) is 7.27. The molecule has 0 aliphatic heterocycles. The molecule has 0 aromatic carbocycles. The monoisotopic (exact) mass is 214 g/mol. The fourth-order valence-electron chi connectivity index (χ4n) is 1.51. The molecule has 2 aromatic heterocycles. The first kappa shape index (κ1) is 10.7. The van der Waals surface area contributed by atoms with Gasteiger partial charge in [-0.3, -0.25) is 4.98 Å². The van der Waals surface area contributed by atoms with E-state index < -0.39 is 0 Å². The third-order valence-electron chi connectivity index (χ3n) is 2.35. The van der Waals surface area contributed by atoms with Crippen LogP contribution in [0.25, 0.3) is 11.4 Å². The smallest absolute Gasteiger partial charge is 0.159 e. The van der Waals surface area contributed by atoms with Gasteiger partial charge in [0.1, 0.15) is 0 Å². The van der Waals surface area contributed by atoms with Crippen LogP contribution in [-0.4, -0.2) is 22.0 Å². The maximum Gasteiger partial charge on any atom is 0.159 e. The second-order valence-corrected chi connectivity index (χ2v) is 3.64. The van der Waals surface area contributed by atoms with Gasteiger partial charge >= 0.3 is 0 Å². The van der Waals surface area contributed by atoms with Gasteiger partial charge < -0.3 is 5.32 Å². The molecule has 0 spiro atoms. The second-order valence-electron chi connectivity index (χ2n) is 3.64. The van der Waals surface area contributed by atoms with Crippen molar-refractivity contribution < 1.29 is 0 Å². The fraction of sp³-hybridized carbons (Fsp3) is 0.250. The number of rotatable bonds is 3. The standard InChI is InChI=1S/C12H14N4/c1-9-5-14-4-3-11(9)12-15-7-10(6-13-2)8-16-12/h3-5,7-8,13H,6H2,1-2H3. The Morgan fingerprint density at radius 3 is 2.56 bits per heavy atom. The van der Waals surface area contributed by atoms with Crippen molar-refractivity contribution in [1.29, 1.82) is 0 Å². The Balaban J connectivity index is 2.31. The quantitative estimate of drug-likeness (QED) is 0.842. The normalized spacial score (nSPS) is 10.4. The van der Waals surface area contributed by atoms with Crippen molar-refractivity contribution in [1.82, 2.24) is 20.3 Å². The molecule has 4 nitrogen and oxygen atoms in total. The average Bonchev–Trinajstić information content (AvgIpc) is 2.31. The Kier molecular flexibility index (Phi) is 3.22. The zero-order valence-electron chi connectivity index (χ0n) is 9.44. The average molecular weight is 214 g/mol. The van der Waals surface area contributed by atoms with Gasteiger partial charge in [0.2, 0.25) is 0 Å². The van der Waals surface area contributed by atoms with Gasteiger partial charge in [0.15, 0.2) is 5.82 Å². The number of nitrogens with one attached hydrogen (secondary N) is 1. The molecule has 0 aliphatic rings. The molecule has 16 heavy (non-hydrogen) atoms. The first-order chi connectivity index (χ1) is 7.81. The van der Waals surface area contributed by atoms with Crippen LogP contribution in [0.2, 0.25) is 0 Å². The second kappa shape index (κ2) is 4.81. The van der Waals surface area contributed by atoms with E-state index in [9.17, 15) is 0 Å². The van der Waals surface area contributed by atoms with Gasteiger partial charge in [0.05, 0.1) is 0 Å². The minimum Gasteiger partial charge on any atom is -0.316 e. The predicted molar refractivity (Wildman–Crippen MR) is 62.8 cm³/mol. The highest BCUT2D eigenvalue weighted by atomic mass is 14.9. The highest BCUT2D eigenvalue weighted by Crippen LogP contribution is 2.17. The Morgan fingerprint density at radius 2 is 1.94 bits per heavy atom. The summed E-state index contributed by atoms with van der Waals surface area (Å²) in [5.74, 6) is 0.750.